The van der Waals surface area contributed by atoms with Crippen LogP contribution in [0, 0.1) is 10.7 Å². The Bertz CT molecular complexity index is 864. The number of halogens is 3. The first-order valence-electron chi connectivity index (χ1n) is 7.04. The monoisotopic (exact) mass is 691 g/mol. The maximum atomic E-state index is 12.7. The second kappa shape index (κ2) is 9.30. The van der Waals surface area contributed by atoms with Crippen molar-refractivity contribution in [1.82, 2.24) is 0 Å². The molecule has 9 heteroatoms. The molecule has 0 spiro atoms. The Morgan fingerprint density at radius 2 is 1.38 bits per heavy atom. The summed E-state index contributed by atoms with van der Waals surface area (Å²) in [5.41, 5.74) is 1.07. The summed E-state index contributed by atoms with van der Waals surface area (Å²) in [5, 5.41) is 2.73. The van der Waals surface area contributed by atoms with Gasteiger partial charge in [-0.25, -0.2) is 9.59 Å². The molecule has 2 aromatic rings. The lowest BCUT2D eigenvalue weighted by atomic mass is 10.1. The molecule has 0 radical (unpaired) electrons. The lowest BCUT2D eigenvalue weighted by molar-refractivity contribution is 0.0599. The van der Waals surface area contributed by atoms with E-state index in [4.69, 9.17) is 9.47 Å². The number of rotatable bonds is 4. The zero-order chi connectivity index (χ0) is 19.4. The van der Waals surface area contributed by atoms with Gasteiger partial charge in [0.1, 0.15) is 0 Å². The van der Waals surface area contributed by atoms with Crippen LogP contribution in [-0.2, 0) is 9.47 Å². The summed E-state index contributed by atoms with van der Waals surface area (Å²) in [4.78, 5) is 36.4. The van der Waals surface area contributed by atoms with Crippen molar-refractivity contribution in [3.63, 3.8) is 0 Å². The lowest BCUT2D eigenvalue weighted by Crippen LogP contribution is -2.16. The first kappa shape index (κ1) is 21.3. The minimum absolute atomic E-state index is 0.137. The SMILES string of the molecule is COC(=O)c1cc(NC(=O)c2cc(I)cc(I)c2I)cc(C(=O)OC)c1. The van der Waals surface area contributed by atoms with E-state index in [9.17, 15) is 14.4 Å². The van der Waals surface area contributed by atoms with Crippen molar-refractivity contribution in [1.29, 1.82) is 0 Å². The molecule has 1 N–H and O–H groups in total. The van der Waals surface area contributed by atoms with Gasteiger partial charge in [-0.15, -0.1) is 0 Å². The molecule has 0 saturated carbocycles. The quantitative estimate of drug-likeness (QED) is 0.294. The Kier molecular flexibility index (Phi) is 7.63. The highest BCUT2D eigenvalue weighted by atomic mass is 127. The van der Waals surface area contributed by atoms with E-state index >= 15 is 0 Å². The average Bonchev–Trinajstić information content (AvgIpc) is 2.62. The fourth-order valence-electron chi connectivity index (χ4n) is 2.09. The van der Waals surface area contributed by atoms with Gasteiger partial charge in [0, 0.05) is 16.4 Å². The average molecular weight is 691 g/mol. The number of esters is 2. The summed E-state index contributed by atoms with van der Waals surface area (Å²) in [6, 6.07) is 7.98. The Morgan fingerprint density at radius 1 is 0.846 bits per heavy atom. The Balaban J connectivity index is 2.43. The van der Waals surface area contributed by atoms with Crippen LogP contribution in [0.5, 0.6) is 0 Å². The third kappa shape index (κ3) is 5.06. The van der Waals surface area contributed by atoms with E-state index in [-0.39, 0.29) is 17.0 Å². The highest BCUT2D eigenvalue weighted by Gasteiger charge is 2.17. The number of benzene rings is 2. The Morgan fingerprint density at radius 3 is 1.88 bits per heavy atom. The summed E-state index contributed by atoms with van der Waals surface area (Å²) in [6.45, 7) is 0. The van der Waals surface area contributed by atoms with Gasteiger partial charge in [-0.1, -0.05) is 0 Å². The molecule has 0 bridgehead atoms. The van der Waals surface area contributed by atoms with E-state index in [0.29, 0.717) is 11.3 Å². The number of hydrogen-bond donors (Lipinski definition) is 1. The molecule has 0 heterocycles. The van der Waals surface area contributed by atoms with E-state index in [0.717, 1.165) is 10.7 Å². The summed E-state index contributed by atoms with van der Waals surface area (Å²) < 4.78 is 12.1. The molecule has 2 rings (SSSR count). The van der Waals surface area contributed by atoms with Crippen LogP contribution in [0.25, 0.3) is 0 Å². The van der Waals surface area contributed by atoms with Crippen LogP contribution in [0.3, 0.4) is 0 Å². The second-order valence-electron chi connectivity index (χ2n) is 4.99. The molecular formula is C17H12I3NO5. The predicted molar refractivity (Wildman–Crippen MR) is 122 cm³/mol. The van der Waals surface area contributed by atoms with Crippen LogP contribution in [0.15, 0.2) is 30.3 Å². The first-order chi connectivity index (χ1) is 12.3. The minimum atomic E-state index is -0.621. The van der Waals surface area contributed by atoms with E-state index in [2.05, 4.69) is 73.1 Å². The van der Waals surface area contributed by atoms with Gasteiger partial charge in [-0.3, -0.25) is 4.79 Å². The van der Waals surface area contributed by atoms with E-state index in [1.165, 1.54) is 32.4 Å². The van der Waals surface area contributed by atoms with Gasteiger partial charge in [0.05, 0.1) is 30.9 Å². The van der Waals surface area contributed by atoms with Gasteiger partial charge in [0.25, 0.3) is 5.91 Å². The lowest BCUT2D eigenvalue weighted by Gasteiger charge is -2.11. The number of ether oxygens (including phenoxy) is 2. The van der Waals surface area contributed by atoms with E-state index in [1.807, 2.05) is 6.07 Å². The Hall–Kier alpha value is -0.960. The number of carbonyl (C=O) groups is 3. The summed E-state index contributed by atoms with van der Waals surface area (Å²) in [5.74, 6) is -1.59. The smallest absolute Gasteiger partial charge is 0.337 e. The number of carbonyl (C=O) groups excluding carboxylic acids is 3. The molecular weight excluding hydrogens is 679 g/mol. The van der Waals surface area contributed by atoms with Crippen molar-refractivity contribution < 1.29 is 23.9 Å². The third-order valence-electron chi connectivity index (χ3n) is 3.27. The van der Waals surface area contributed by atoms with Gasteiger partial charge in [-0.05, 0) is 98.1 Å². The molecule has 0 aliphatic carbocycles. The van der Waals surface area contributed by atoms with Crippen molar-refractivity contribution in [2.75, 3.05) is 19.5 Å². The van der Waals surface area contributed by atoms with Gasteiger partial charge in [0.15, 0.2) is 0 Å². The fraction of sp³-hybridized carbons (Fsp3) is 0.118. The van der Waals surface area contributed by atoms with Crippen LogP contribution < -0.4 is 5.32 Å². The molecule has 6 nitrogen and oxygen atoms in total. The van der Waals surface area contributed by atoms with Crippen molar-refractivity contribution >= 4 is 91.3 Å². The molecule has 0 unspecified atom stereocenters. The third-order valence-corrected chi connectivity index (χ3v) is 6.94. The van der Waals surface area contributed by atoms with Crippen LogP contribution in [-0.4, -0.2) is 32.1 Å². The second-order valence-corrected chi connectivity index (χ2v) is 8.47. The molecule has 0 atom stereocenters. The van der Waals surface area contributed by atoms with Gasteiger partial charge < -0.3 is 14.8 Å². The zero-order valence-corrected chi connectivity index (χ0v) is 20.0. The van der Waals surface area contributed by atoms with Gasteiger partial charge in [0.2, 0.25) is 0 Å². The number of amides is 1. The molecule has 2 aromatic carbocycles. The largest absolute Gasteiger partial charge is 0.465 e. The van der Waals surface area contributed by atoms with Crippen molar-refractivity contribution in [3.05, 3.63) is 57.7 Å². The van der Waals surface area contributed by atoms with Crippen molar-refractivity contribution in [2.45, 2.75) is 0 Å². The molecule has 26 heavy (non-hydrogen) atoms. The van der Waals surface area contributed by atoms with Crippen LogP contribution in [0.2, 0.25) is 0 Å². The van der Waals surface area contributed by atoms with Crippen LogP contribution >= 0.6 is 67.8 Å². The zero-order valence-electron chi connectivity index (χ0n) is 13.6. The van der Waals surface area contributed by atoms with E-state index < -0.39 is 11.9 Å². The summed E-state index contributed by atoms with van der Waals surface area (Å²) in [7, 11) is 2.48. The van der Waals surface area contributed by atoms with Crippen LogP contribution in [0.1, 0.15) is 31.1 Å². The Labute approximate surface area is 190 Å². The maximum absolute atomic E-state index is 12.7. The summed E-state index contributed by atoms with van der Waals surface area (Å²) in [6.07, 6.45) is 0. The first-order valence-corrected chi connectivity index (χ1v) is 10.3. The molecule has 0 saturated heterocycles. The molecule has 1 amide bonds. The topological polar surface area (TPSA) is 81.7 Å². The number of hydrogen-bond acceptors (Lipinski definition) is 5. The minimum Gasteiger partial charge on any atom is -0.465 e. The highest BCUT2D eigenvalue weighted by Crippen LogP contribution is 2.24. The normalized spacial score (nSPS) is 10.2. The van der Waals surface area contributed by atoms with E-state index in [1.54, 1.807) is 6.07 Å². The molecule has 0 aliphatic heterocycles. The molecule has 0 fully saturated rings. The van der Waals surface area contributed by atoms with Gasteiger partial charge in [-0.2, -0.15) is 0 Å². The fourth-order valence-corrected chi connectivity index (χ4v) is 4.49. The van der Waals surface area contributed by atoms with Gasteiger partial charge >= 0.3 is 11.9 Å². The molecule has 0 aromatic heterocycles. The highest BCUT2D eigenvalue weighted by molar-refractivity contribution is 14.1. The number of nitrogens with one attached hydrogen (secondary N) is 1. The molecule has 0 aliphatic rings. The van der Waals surface area contributed by atoms with Crippen LogP contribution in [0.4, 0.5) is 5.69 Å². The number of methoxy groups -OCH3 is 2. The maximum Gasteiger partial charge on any atom is 0.337 e. The summed E-state index contributed by atoms with van der Waals surface area (Å²) >= 11 is 6.41. The standard InChI is InChI=1S/C17H12I3NO5/c1-25-16(23)8-3-9(17(24)26-2)5-11(4-8)21-15(22)12-6-10(18)7-13(19)14(12)20/h3-7H,1-2H3,(H,21,22). The predicted octanol–water partition coefficient (Wildman–Crippen LogP) is 4.33. The van der Waals surface area contributed by atoms with Crippen molar-refractivity contribution in [3.8, 4) is 0 Å². The molecule has 136 valence electrons. The van der Waals surface area contributed by atoms with Crippen molar-refractivity contribution in [2.24, 2.45) is 0 Å². The number of anilines is 1.